The molecule has 4 atom stereocenters. The number of piperidine rings is 1. The van der Waals surface area contributed by atoms with Crippen molar-refractivity contribution in [1.29, 1.82) is 0 Å². The molecule has 6 nitrogen and oxygen atoms in total. The highest BCUT2D eigenvalue weighted by Crippen LogP contribution is 2.36. The van der Waals surface area contributed by atoms with Crippen molar-refractivity contribution in [1.82, 2.24) is 19.8 Å². The summed E-state index contributed by atoms with van der Waals surface area (Å²) in [5.74, 6) is 0.128. The van der Waals surface area contributed by atoms with Crippen LogP contribution in [-0.4, -0.2) is 45.8 Å². The number of hydrogen-bond donors (Lipinski definition) is 1. The highest BCUT2D eigenvalue weighted by atomic mass is 35.5. The zero-order chi connectivity index (χ0) is 29.5. The van der Waals surface area contributed by atoms with Crippen molar-refractivity contribution in [2.24, 2.45) is 10.9 Å². The van der Waals surface area contributed by atoms with Crippen LogP contribution >= 0.6 is 11.6 Å². The summed E-state index contributed by atoms with van der Waals surface area (Å²) in [7, 11) is 0. The Morgan fingerprint density at radius 2 is 1.98 bits per heavy atom. The Morgan fingerprint density at radius 3 is 2.77 bits per heavy atom. The average molecular weight is 598 g/mol. The van der Waals surface area contributed by atoms with Gasteiger partial charge >= 0.3 is 0 Å². The summed E-state index contributed by atoms with van der Waals surface area (Å²) in [6.45, 7) is 4.97. The number of hydrogen-bond acceptors (Lipinski definition) is 5. The molecular weight excluding hydrogens is 561 g/mol. The van der Waals surface area contributed by atoms with Crippen molar-refractivity contribution < 1.29 is 4.39 Å². The van der Waals surface area contributed by atoms with Gasteiger partial charge in [-0.15, -0.1) is 0 Å². The Kier molecular flexibility index (Phi) is 7.89. The first kappa shape index (κ1) is 28.4. The van der Waals surface area contributed by atoms with E-state index in [2.05, 4.69) is 39.5 Å². The van der Waals surface area contributed by atoms with Gasteiger partial charge in [0.25, 0.3) is 5.56 Å². The van der Waals surface area contributed by atoms with Crippen LogP contribution in [0, 0.1) is 11.9 Å². The zero-order valence-corrected chi connectivity index (χ0v) is 25.2. The lowest BCUT2D eigenvalue weighted by molar-refractivity contribution is 0.168. The largest absolute Gasteiger partial charge is 0.300 e. The molecule has 3 aliphatic heterocycles. The molecule has 5 heterocycles. The standard InChI is InChI=1S/C35H37ClFN5O/c1-2-42-34-25(20-30(35(42)43)29-13-9-24(21-31(29)36)28-6-3-16-38-33(28)37)10-14-32(40-34)39-26-11-7-22(8-12-26)23-15-18-41-17-4-5-27(41)19-23/h3,6-11,13,16,20-21,23,26-27,32,39H,2,4-5,12,14-15,17-19H2,1H3/t23?,26?,27?,32-/m1/s1. The highest BCUT2D eigenvalue weighted by molar-refractivity contribution is 6.33. The van der Waals surface area contributed by atoms with Gasteiger partial charge in [0.2, 0.25) is 5.95 Å². The third kappa shape index (κ3) is 5.54. The SMILES string of the molecule is CCn1c(=O)c(-c2ccc(-c3cccnc3F)cc2Cl)cc2c1=N[C@@H](NC1C=CC(C3CCN4CCCC4C3)=CC1)CC=2. The maximum Gasteiger partial charge on any atom is 0.260 e. The fraction of sp³-hybridized carbons (Fsp3) is 0.400. The maximum absolute atomic E-state index is 14.3. The summed E-state index contributed by atoms with van der Waals surface area (Å²) < 4.78 is 16.0. The highest BCUT2D eigenvalue weighted by Gasteiger charge is 2.33. The number of nitrogens with one attached hydrogen (secondary N) is 1. The van der Waals surface area contributed by atoms with Gasteiger partial charge in [-0.3, -0.25) is 14.7 Å². The first-order valence-electron chi connectivity index (χ1n) is 15.6. The third-order valence-corrected chi connectivity index (χ3v) is 9.91. The van der Waals surface area contributed by atoms with Crippen LogP contribution in [0.25, 0.3) is 28.3 Å². The van der Waals surface area contributed by atoms with Crippen LogP contribution in [0.5, 0.6) is 0 Å². The normalized spacial score (nSPS) is 25.0. The van der Waals surface area contributed by atoms with Gasteiger partial charge in [0.15, 0.2) is 0 Å². The number of pyridine rings is 2. The Balaban J connectivity index is 1.09. The lowest BCUT2D eigenvalue weighted by atomic mass is 9.82. The molecule has 1 aromatic carbocycles. The molecule has 1 N–H and O–H groups in total. The number of rotatable bonds is 6. The minimum absolute atomic E-state index is 0.0980. The van der Waals surface area contributed by atoms with E-state index in [1.54, 1.807) is 34.9 Å². The second-order valence-corrected chi connectivity index (χ2v) is 12.5. The third-order valence-electron chi connectivity index (χ3n) is 9.60. The van der Waals surface area contributed by atoms with Crippen molar-refractivity contribution in [3.63, 3.8) is 0 Å². The van der Waals surface area contributed by atoms with Gasteiger partial charge in [-0.05, 0) is 93.4 Å². The fourth-order valence-electron chi connectivity index (χ4n) is 7.34. The van der Waals surface area contributed by atoms with E-state index in [9.17, 15) is 9.18 Å². The molecule has 43 heavy (non-hydrogen) atoms. The number of nitrogens with zero attached hydrogens (tertiary/aromatic N) is 4. The second-order valence-electron chi connectivity index (χ2n) is 12.1. The monoisotopic (exact) mass is 597 g/mol. The van der Waals surface area contributed by atoms with E-state index in [1.165, 1.54) is 50.5 Å². The van der Waals surface area contributed by atoms with E-state index < -0.39 is 5.95 Å². The van der Waals surface area contributed by atoms with E-state index in [1.807, 2.05) is 13.0 Å². The first-order chi connectivity index (χ1) is 21.0. The topological polar surface area (TPSA) is 62.5 Å². The Labute approximate surface area is 256 Å². The van der Waals surface area contributed by atoms with E-state index in [0.717, 1.165) is 24.1 Å². The van der Waals surface area contributed by atoms with Crippen LogP contribution in [-0.2, 0) is 6.54 Å². The second kappa shape index (κ2) is 11.9. The predicted molar refractivity (Wildman–Crippen MR) is 170 cm³/mol. The summed E-state index contributed by atoms with van der Waals surface area (Å²) in [5, 5.41) is 5.01. The van der Waals surface area contributed by atoms with Gasteiger partial charge in [-0.2, -0.15) is 4.39 Å². The molecule has 2 fully saturated rings. The molecule has 3 aromatic rings. The minimum atomic E-state index is -0.558. The Morgan fingerprint density at radius 1 is 1.07 bits per heavy atom. The average Bonchev–Trinajstić information content (AvgIpc) is 3.50. The van der Waals surface area contributed by atoms with Crippen molar-refractivity contribution in [2.45, 2.75) is 70.2 Å². The summed E-state index contributed by atoms with van der Waals surface area (Å²) in [6.07, 6.45) is 17.5. The maximum atomic E-state index is 14.3. The van der Waals surface area contributed by atoms with Crippen molar-refractivity contribution in [3.8, 4) is 22.3 Å². The van der Waals surface area contributed by atoms with Gasteiger partial charge in [0.1, 0.15) is 11.7 Å². The van der Waals surface area contributed by atoms with E-state index >= 15 is 0 Å². The van der Waals surface area contributed by atoms with Gasteiger partial charge < -0.3 is 4.90 Å². The van der Waals surface area contributed by atoms with E-state index in [-0.39, 0.29) is 17.8 Å². The molecule has 1 aliphatic carbocycles. The van der Waals surface area contributed by atoms with Crippen molar-refractivity contribution >= 4 is 17.7 Å². The number of allylic oxidation sites excluding steroid dienone is 2. The van der Waals surface area contributed by atoms with Crippen molar-refractivity contribution in [3.05, 3.63) is 98.4 Å². The number of benzene rings is 1. The lowest BCUT2D eigenvalue weighted by Gasteiger charge is -2.36. The first-order valence-corrected chi connectivity index (χ1v) is 16.0. The quantitative estimate of drug-likeness (QED) is 0.395. The van der Waals surface area contributed by atoms with E-state index in [0.29, 0.717) is 45.2 Å². The van der Waals surface area contributed by atoms with Crippen LogP contribution in [0.1, 0.15) is 45.4 Å². The predicted octanol–water partition coefficient (Wildman–Crippen LogP) is 5.24. The molecule has 0 radical (unpaired) electrons. The molecule has 7 rings (SSSR count). The smallest absolute Gasteiger partial charge is 0.260 e. The summed E-state index contributed by atoms with van der Waals surface area (Å²) in [6, 6.07) is 11.5. The zero-order valence-electron chi connectivity index (χ0n) is 24.5. The van der Waals surface area contributed by atoms with Crippen LogP contribution < -0.4 is 21.6 Å². The van der Waals surface area contributed by atoms with Crippen LogP contribution in [0.3, 0.4) is 0 Å². The molecule has 0 spiro atoms. The molecule has 2 aromatic heterocycles. The van der Waals surface area contributed by atoms with Gasteiger partial charge in [-0.1, -0.05) is 48.0 Å². The fourth-order valence-corrected chi connectivity index (χ4v) is 7.63. The minimum Gasteiger partial charge on any atom is -0.300 e. The van der Waals surface area contributed by atoms with Crippen molar-refractivity contribution in [2.75, 3.05) is 13.1 Å². The molecule has 0 bridgehead atoms. The Bertz CT molecular complexity index is 1800. The molecule has 2 saturated heterocycles. The summed E-state index contributed by atoms with van der Waals surface area (Å²) in [4.78, 5) is 25.1. The molecular formula is C35H37ClFN5O. The molecule has 0 saturated carbocycles. The van der Waals surface area contributed by atoms with Crippen LogP contribution in [0.2, 0.25) is 5.02 Å². The van der Waals surface area contributed by atoms with Gasteiger partial charge in [0, 0.05) is 58.2 Å². The number of halogens is 2. The molecule has 0 amide bonds. The van der Waals surface area contributed by atoms with Crippen LogP contribution in [0.4, 0.5) is 4.39 Å². The lowest BCUT2D eigenvalue weighted by Crippen LogP contribution is -2.49. The van der Waals surface area contributed by atoms with Gasteiger partial charge in [0.05, 0.1) is 0 Å². The van der Waals surface area contributed by atoms with Crippen LogP contribution in [0.15, 0.2) is 76.2 Å². The van der Waals surface area contributed by atoms with E-state index in [4.69, 9.17) is 16.6 Å². The molecule has 3 unspecified atom stereocenters. The summed E-state index contributed by atoms with van der Waals surface area (Å²) >= 11 is 6.68. The van der Waals surface area contributed by atoms with Gasteiger partial charge in [-0.25, -0.2) is 9.98 Å². The molecule has 222 valence electrons. The Hall–Kier alpha value is -3.39. The number of fused-ring (bicyclic) bond motifs is 2. The molecule has 4 aliphatic rings. The summed E-state index contributed by atoms with van der Waals surface area (Å²) in [5.41, 5.74) is 4.18. The number of aromatic nitrogens is 2. The molecule has 8 heteroatoms.